The summed E-state index contributed by atoms with van der Waals surface area (Å²) in [7, 11) is 0. The molecule has 0 spiro atoms. The fourth-order valence-corrected chi connectivity index (χ4v) is 2.55. The SMILES string of the molecule is C=C(Br)CC1(c2ccccc2)OC(C)(C)OC1=O. The molecule has 1 aromatic carbocycles. The number of benzene rings is 1. The zero-order valence-electron chi connectivity index (χ0n) is 10.4. The number of ether oxygens (including phenoxy) is 2. The van der Waals surface area contributed by atoms with Gasteiger partial charge in [-0.2, -0.15) is 0 Å². The van der Waals surface area contributed by atoms with Gasteiger partial charge in [0.25, 0.3) is 0 Å². The third-order valence-electron chi connectivity index (χ3n) is 2.77. The molecule has 2 rings (SSSR count). The minimum atomic E-state index is -1.11. The molecule has 0 amide bonds. The third kappa shape index (κ3) is 2.35. The van der Waals surface area contributed by atoms with E-state index in [0.717, 1.165) is 5.56 Å². The molecule has 0 saturated carbocycles. The van der Waals surface area contributed by atoms with Gasteiger partial charge in [-0.05, 0) is 10.0 Å². The maximum atomic E-state index is 12.2. The summed E-state index contributed by atoms with van der Waals surface area (Å²) in [4.78, 5) is 12.2. The molecule has 18 heavy (non-hydrogen) atoms. The van der Waals surface area contributed by atoms with Crippen molar-refractivity contribution in [2.24, 2.45) is 0 Å². The Balaban J connectivity index is 2.49. The molecule has 3 nitrogen and oxygen atoms in total. The predicted molar refractivity (Wildman–Crippen MR) is 72.1 cm³/mol. The normalized spacial score (nSPS) is 25.8. The Morgan fingerprint density at radius 3 is 2.39 bits per heavy atom. The number of hydrogen-bond donors (Lipinski definition) is 0. The molecule has 1 fully saturated rings. The average Bonchev–Trinajstić information content (AvgIpc) is 2.49. The lowest BCUT2D eigenvalue weighted by molar-refractivity contribution is -0.167. The highest BCUT2D eigenvalue weighted by molar-refractivity contribution is 9.11. The monoisotopic (exact) mass is 310 g/mol. The highest BCUT2D eigenvalue weighted by Gasteiger charge is 2.55. The van der Waals surface area contributed by atoms with Gasteiger partial charge in [0.15, 0.2) is 5.60 Å². The van der Waals surface area contributed by atoms with Crippen LogP contribution in [0.2, 0.25) is 0 Å². The number of cyclic esters (lactones) is 1. The van der Waals surface area contributed by atoms with Crippen molar-refractivity contribution >= 4 is 21.9 Å². The van der Waals surface area contributed by atoms with Crippen LogP contribution in [0.25, 0.3) is 0 Å². The van der Waals surface area contributed by atoms with Crippen LogP contribution >= 0.6 is 15.9 Å². The lowest BCUT2D eigenvalue weighted by Gasteiger charge is -2.26. The molecule has 1 aromatic rings. The van der Waals surface area contributed by atoms with E-state index in [-0.39, 0.29) is 5.97 Å². The van der Waals surface area contributed by atoms with Crippen LogP contribution in [-0.4, -0.2) is 11.8 Å². The molecule has 0 aromatic heterocycles. The highest BCUT2D eigenvalue weighted by Crippen LogP contribution is 2.44. The van der Waals surface area contributed by atoms with Gasteiger partial charge >= 0.3 is 5.97 Å². The van der Waals surface area contributed by atoms with Gasteiger partial charge in [-0.3, -0.25) is 0 Å². The molecular weight excluding hydrogens is 296 g/mol. The average molecular weight is 311 g/mol. The van der Waals surface area contributed by atoms with Crippen molar-refractivity contribution in [3.05, 3.63) is 47.0 Å². The molecule has 0 aliphatic carbocycles. The molecule has 0 bridgehead atoms. The Hall–Kier alpha value is -1.13. The van der Waals surface area contributed by atoms with Crippen molar-refractivity contribution < 1.29 is 14.3 Å². The maximum Gasteiger partial charge on any atom is 0.346 e. The van der Waals surface area contributed by atoms with Gasteiger partial charge in [0.2, 0.25) is 5.79 Å². The number of rotatable bonds is 3. The summed E-state index contributed by atoms with van der Waals surface area (Å²) in [6.07, 6.45) is 0.347. The molecule has 4 heteroatoms. The van der Waals surface area contributed by atoms with E-state index in [0.29, 0.717) is 10.9 Å². The number of hydrogen-bond acceptors (Lipinski definition) is 3. The first kappa shape index (κ1) is 13.3. The van der Waals surface area contributed by atoms with Crippen LogP contribution in [0.1, 0.15) is 25.8 Å². The summed E-state index contributed by atoms with van der Waals surface area (Å²) in [6, 6.07) is 9.36. The summed E-state index contributed by atoms with van der Waals surface area (Å²) < 4.78 is 11.9. The van der Waals surface area contributed by atoms with Gasteiger partial charge in [-0.25, -0.2) is 4.79 Å². The van der Waals surface area contributed by atoms with Crippen LogP contribution in [0, 0.1) is 0 Å². The first-order valence-corrected chi connectivity index (χ1v) is 6.47. The summed E-state index contributed by atoms with van der Waals surface area (Å²) in [5.74, 6) is -1.30. The van der Waals surface area contributed by atoms with E-state index in [1.807, 2.05) is 30.3 Å². The second kappa shape index (κ2) is 4.52. The number of carbonyl (C=O) groups is 1. The van der Waals surface area contributed by atoms with Crippen LogP contribution < -0.4 is 0 Å². The smallest absolute Gasteiger partial charge is 0.346 e. The second-order valence-electron chi connectivity index (χ2n) is 4.78. The molecule has 1 unspecified atom stereocenters. The highest BCUT2D eigenvalue weighted by atomic mass is 79.9. The van der Waals surface area contributed by atoms with Crippen molar-refractivity contribution in [2.75, 3.05) is 0 Å². The second-order valence-corrected chi connectivity index (χ2v) is 5.90. The van der Waals surface area contributed by atoms with Crippen molar-refractivity contribution in [2.45, 2.75) is 31.7 Å². The Morgan fingerprint density at radius 1 is 1.33 bits per heavy atom. The van der Waals surface area contributed by atoms with E-state index in [9.17, 15) is 4.79 Å². The minimum absolute atomic E-state index is 0.347. The van der Waals surface area contributed by atoms with Gasteiger partial charge in [-0.15, -0.1) is 0 Å². The van der Waals surface area contributed by atoms with Crippen molar-refractivity contribution in [3.63, 3.8) is 0 Å². The van der Waals surface area contributed by atoms with Crippen LogP contribution in [0.15, 0.2) is 41.4 Å². The molecule has 0 radical (unpaired) electrons. The van der Waals surface area contributed by atoms with Gasteiger partial charge in [0.05, 0.1) is 0 Å². The van der Waals surface area contributed by atoms with Crippen molar-refractivity contribution in [3.8, 4) is 0 Å². The number of halogens is 1. The summed E-state index contributed by atoms with van der Waals surface area (Å²) >= 11 is 3.30. The van der Waals surface area contributed by atoms with E-state index >= 15 is 0 Å². The first-order chi connectivity index (χ1) is 8.36. The van der Waals surface area contributed by atoms with E-state index in [4.69, 9.17) is 9.47 Å². The number of esters is 1. The molecule has 1 atom stereocenters. The van der Waals surface area contributed by atoms with Crippen LogP contribution in [-0.2, 0) is 19.9 Å². The van der Waals surface area contributed by atoms with Gasteiger partial charge < -0.3 is 9.47 Å². The Kier molecular flexibility index (Phi) is 3.34. The van der Waals surface area contributed by atoms with Crippen LogP contribution in [0.3, 0.4) is 0 Å². The zero-order valence-corrected chi connectivity index (χ0v) is 12.0. The van der Waals surface area contributed by atoms with E-state index < -0.39 is 11.4 Å². The molecular formula is C14H15BrO3. The zero-order chi connectivity index (χ0) is 13.4. The van der Waals surface area contributed by atoms with E-state index in [1.165, 1.54) is 0 Å². The summed E-state index contributed by atoms with van der Waals surface area (Å²) in [5, 5.41) is 0. The Morgan fingerprint density at radius 2 is 1.94 bits per heavy atom. The fourth-order valence-electron chi connectivity index (χ4n) is 2.15. The molecule has 96 valence electrons. The molecule has 0 N–H and O–H groups in total. The fraction of sp³-hybridized carbons (Fsp3) is 0.357. The Labute approximate surface area is 115 Å². The van der Waals surface area contributed by atoms with Crippen LogP contribution in [0.4, 0.5) is 0 Å². The summed E-state index contributed by atoms with van der Waals surface area (Å²) in [6.45, 7) is 7.26. The minimum Gasteiger partial charge on any atom is -0.431 e. The quantitative estimate of drug-likeness (QED) is 0.802. The molecule has 1 saturated heterocycles. The van der Waals surface area contributed by atoms with Crippen molar-refractivity contribution in [1.29, 1.82) is 0 Å². The van der Waals surface area contributed by atoms with Gasteiger partial charge in [-0.1, -0.05) is 52.8 Å². The van der Waals surface area contributed by atoms with Crippen molar-refractivity contribution in [1.82, 2.24) is 0 Å². The van der Waals surface area contributed by atoms with Gasteiger partial charge in [0, 0.05) is 20.3 Å². The largest absolute Gasteiger partial charge is 0.431 e. The molecule has 1 aliphatic rings. The maximum absolute atomic E-state index is 12.2. The standard InChI is InChI=1S/C14H15BrO3/c1-10(15)9-14(11-7-5-4-6-8-11)12(16)17-13(2,3)18-14/h4-8H,1,9H2,2-3H3. The van der Waals surface area contributed by atoms with E-state index in [1.54, 1.807) is 13.8 Å². The first-order valence-electron chi connectivity index (χ1n) is 5.68. The lowest BCUT2D eigenvalue weighted by atomic mass is 9.90. The van der Waals surface area contributed by atoms with Crippen LogP contribution in [0.5, 0.6) is 0 Å². The predicted octanol–water partition coefficient (Wildman–Crippen LogP) is 3.49. The molecule has 1 heterocycles. The topological polar surface area (TPSA) is 35.5 Å². The Bertz CT molecular complexity index is 481. The summed E-state index contributed by atoms with van der Waals surface area (Å²) in [5.41, 5.74) is -0.327. The van der Waals surface area contributed by atoms with E-state index in [2.05, 4.69) is 22.5 Å². The number of carbonyl (C=O) groups excluding carboxylic acids is 1. The lowest BCUT2D eigenvalue weighted by Crippen LogP contribution is -2.34. The van der Waals surface area contributed by atoms with Gasteiger partial charge in [0.1, 0.15) is 0 Å². The molecule has 1 aliphatic heterocycles. The third-order valence-corrected chi connectivity index (χ3v) is 3.05.